The normalized spacial score (nSPS) is 24.1. The van der Waals surface area contributed by atoms with Crippen LogP contribution in [0.1, 0.15) is 30.7 Å². The number of thioether (sulfide) groups is 1. The number of aromatic nitrogens is 3. The molecule has 2 aromatic rings. The summed E-state index contributed by atoms with van der Waals surface area (Å²) >= 11 is 1.83. The number of rotatable bonds is 2. The van der Waals surface area contributed by atoms with E-state index >= 15 is 0 Å². The summed E-state index contributed by atoms with van der Waals surface area (Å²) in [6, 6.07) is 7.09. The Balaban J connectivity index is 1.60. The highest BCUT2D eigenvalue weighted by molar-refractivity contribution is 7.99. The van der Waals surface area contributed by atoms with Gasteiger partial charge in [-0.2, -0.15) is 0 Å². The molecule has 20 heavy (non-hydrogen) atoms. The van der Waals surface area contributed by atoms with E-state index in [9.17, 15) is 4.39 Å². The molecule has 0 spiro atoms. The van der Waals surface area contributed by atoms with E-state index in [-0.39, 0.29) is 5.82 Å². The van der Waals surface area contributed by atoms with Crippen LogP contribution in [-0.2, 0) is 6.42 Å². The topological polar surface area (TPSA) is 42.7 Å². The predicted molar refractivity (Wildman–Crippen MR) is 75.9 cm³/mol. The van der Waals surface area contributed by atoms with Gasteiger partial charge in [-0.15, -0.1) is 10.2 Å². The van der Waals surface area contributed by atoms with Crippen molar-refractivity contribution in [3.8, 4) is 0 Å². The van der Waals surface area contributed by atoms with E-state index in [4.69, 9.17) is 0 Å². The minimum absolute atomic E-state index is 0.209. The van der Waals surface area contributed by atoms with E-state index in [0.717, 1.165) is 16.5 Å². The van der Waals surface area contributed by atoms with Gasteiger partial charge in [-0.25, -0.2) is 9.07 Å². The molecular formula is C14H15FN4S. The van der Waals surface area contributed by atoms with Gasteiger partial charge in [0.2, 0.25) is 5.16 Å². The predicted octanol–water partition coefficient (Wildman–Crippen LogP) is 2.58. The molecule has 2 atom stereocenters. The van der Waals surface area contributed by atoms with Gasteiger partial charge in [0.05, 0.1) is 6.04 Å². The molecule has 1 saturated carbocycles. The lowest BCUT2D eigenvalue weighted by molar-refractivity contribution is 0.594. The number of benzene rings is 1. The maximum Gasteiger partial charge on any atom is 0.210 e. The smallest absolute Gasteiger partial charge is 0.210 e. The molecule has 0 amide bonds. The molecule has 4 nitrogen and oxygen atoms in total. The molecule has 1 fully saturated rings. The Hall–Kier alpha value is -1.56. The van der Waals surface area contributed by atoms with E-state index in [1.807, 2.05) is 16.4 Å². The number of nitrogens with zero attached hydrogens (tertiary/aromatic N) is 3. The number of hydrogen-bond donors (Lipinski definition) is 1. The molecule has 1 aliphatic heterocycles. The first-order valence-electron chi connectivity index (χ1n) is 6.91. The quantitative estimate of drug-likeness (QED) is 0.923. The molecule has 104 valence electrons. The molecule has 4 rings (SSSR count). The van der Waals surface area contributed by atoms with Crippen LogP contribution in [0.25, 0.3) is 0 Å². The lowest BCUT2D eigenvalue weighted by atomic mass is 10.1. The molecule has 0 radical (unpaired) electrons. The highest BCUT2D eigenvalue weighted by Gasteiger charge is 2.35. The van der Waals surface area contributed by atoms with Crippen molar-refractivity contribution in [3.63, 3.8) is 0 Å². The molecule has 2 heterocycles. The fourth-order valence-electron chi connectivity index (χ4n) is 2.92. The summed E-state index contributed by atoms with van der Waals surface area (Å²) in [5.74, 6) is 0.684. The van der Waals surface area contributed by atoms with Crippen molar-refractivity contribution in [2.45, 2.75) is 42.1 Å². The molecular weight excluding hydrogens is 275 g/mol. The second-order valence-electron chi connectivity index (χ2n) is 5.36. The van der Waals surface area contributed by atoms with Crippen LogP contribution in [0, 0.1) is 5.82 Å². The van der Waals surface area contributed by atoms with E-state index < -0.39 is 0 Å². The van der Waals surface area contributed by atoms with Crippen LogP contribution in [0.5, 0.6) is 0 Å². The number of halogens is 1. The highest BCUT2D eigenvalue weighted by atomic mass is 32.2. The van der Waals surface area contributed by atoms with Crippen LogP contribution < -0.4 is 5.43 Å². The van der Waals surface area contributed by atoms with Crippen molar-refractivity contribution in [2.75, 3.05) is 5.43 Å². The lowest BCUT2D eigenvalue weighted by Gasteiger charge is -2.28. The Morgan fingerprint density at radius 1 is 1.25 bits per heavy atom. The zero-order valence-corrected chi connectivity index (χ0v) is 11.7. The van der Waals surface area contributed by atoms with Crippen molar-refractivity contribution in [1.82, 2.24) is 14.9 Å². The minimum Gasteiger partial charge on any atom is -0.318 e. The summed E-state index contributed by atoms with van der Waals surface area (Å²) < 4.78 is 15.0. The Morgan fingerprint density at radius 3 is 2.95 bits per heavy atom. The van der Waals surface area contributed by atoms with Crippen molar-refractivity contribution >= 4 is 11.8 Å². The average molecular weight is 290 g/mol. The zero-order valence-electron chi connectivity index (χ0n) is 10.9. The van der Waals surface area contributed by atoms with Crippen molar-refractivity contribution in [2.24, 2.45) is 0 Å². The van der Waals surface area contributed by atoms with Gasteiger partial charge in [0.1, 0.15) is 5.82 Å². The van der Waals surface area contributed by atoms with Gasteiger partial charge < -0.3 is 5.43 Å². The number of fused-ring (bicyclic) bond motifs is 2. The SMILES string of the molecule is Fc1ccc(Cc2nnc3n2NC2CCCC2S3)cc1. The summed E-state index contributed by atoms with van der Waals surface area (Å²) in [6.45, 7) is 0. The van der Waals surface area contributed by atoms with E-state index in [2.05, 4.69) is 15.6 Å². The molecule has 2 aliphatic rings. The Morgan fingerprint density at radius 2 is 2.10 bits per heavy atom. The summed E-state index contributed by atoms with van der Waals surface area (Å²) in [5, 5.41) is 10.1. The van der Waals surface area contributed by atoms with E-state index in [1.165, 1.54) is 31.4 Å². The van der Waals surface area contributed by atoms with Crippen molar-refractivity contribution in [3.05, 3.63) is 41.5 Å². The van der Waals surface area contributed by atoms with Crippen LogP contribution in [0.15, 0.2) is 29.4 Å². The monoisotopic (exact) mass is 290 g/mol. The first kappa shape index (κ1) is 12.2. The number of hydrogen-bond acceptors (Lipinski definition) is 4. The van der Waals surface area contributed by atoms with E-state index in [0.29, 0.717) is 17.7 Å². The fourth-order valence-corrected chi connectivity index (χ4v) is 4.19. The Bertz CT molecular complexity index is 625. The molecule has 1 aromatic carbocycles. The molecule has 0 saturated heterocycles. The van der Waals surface area contributed by atoms with Crippen LogP contribution in [0.3, 0.4) is 0 Å². The molecule has 6 heteroatoms. The summed E-state index contributed by atoms with van der Waals surface area (Å²) in [4.78, 5) is 0. The number of nitrogens with one attached hydrogen (secondary N) is 1. The van der Waals surface area contributed by atoms with Gasteiger partial charge >= 0.3 is 0 Å². The van der Waals surface area contributed by atoms with Gasteiger partial charge in [0, 0.05) is 11.7 Å². The van der Waals surface area contributed by atoms with Crippen LogP contribution in [0.2, 0.25) is 0 Å². The summed E-state index contributed by atoms with van der Waals surface area (Å²) in [7, 11) is 0. The summed E-state index contributed by atoms with van der Waals surface area (Å²) in [6.07, 6.45) is 4.41. The molecule has 2 unspecified atom stereocenters. The minimum atomic E-state index is -0.209. The zero-order chi connectivity index (χ0) is 13.5. The standard InChI is InChI=1S/C14H15FN4S/c15-10-6-4-9(5-7-10)8-13-16-17-14-19(13)18-11-2-1-3-12(11)20-14/h4-7,11-12,18H,1-3,8H2. The first-order chi connectivity index (χ1) is 9.79. The summed E-state index contributed by atoms with van der Waals surface area (Å²) in [5.41, 5.74) is 4.58. The highest BCUT2D eigenvalue weighted by Crippen LogP contribution is 2.38. The van der Waals surface area contributed by atoms with Gasteiger partial charge in [0.15, 0.2) is 5.82 Å². The largest absolute Gasteiger partial charge is 0.318 e. The second kappa shape index (κ2) is 4.77. The van der Waals surface area contributed by atoms with Gasteiger partial charge in [0.25, 0.3) is 0 Å². The van der Waals surface area contributed by atoms with Crippen LogP contribution in [-0.4, -0.2) is 26.2 Å². The van der Waals surface area contributed by atoms with Crippen molar-refractivity contribution < 1.29 is 4.39 Å². The lowest BCUT2D eigenvalue weighted by Crippen LogP contribution is -2.38. The van der Waals surface area contributed by atoms with Gasteiger partial charge in [-0.05, 0) is 30.5 Å². The Kier molecular flexibility index (Phi) is 2.91. The van der Waals surface area contributed by atoms with Crippen molar-refractivity contribution in [1.29, 1.82) is 0 Å². The maximum atomic E-state index is 12.9. The van der Waals surface area contributed by atoms with E-state index in [1.54, 1.807) is 12.1 Å². The van der Waals surface area contributed by atoms with Gasteiger partial charge in [-0.1, -0.05) is 30.3 Å². The first-order valence-corrected chi connectivity index (χ1v) is 7.79. The third-order valence-electron chi connectivity index (χ3n) is 3.98. The second-order valence-corrected chi connectivity index (χ2v) is 6.57. The molecule has 1 N–H and O–H groups in total. The van der Waals surface area contributed by atoms with Crippen LogP contribution in [0.4, 0.5) is 4.39 Å². The molecule has 1 aromatic heterocycles. The van der Waals surface area contributed by atoms with Gasteiger partial charge in [-0.3, -0.25) is 0 Å². The molecule has 0 bridgehead atoms. The maximum absolute atomic E-state index is 12.9. The third-order valence-corrected chi connectivity index (χ3v) is 5.32. The Labute approximate surface area is 120 Å². The fraction of sp³-hybridized carbons (Fsp3) is 0.429. The van der Waals surface area contributed by atoms with Crippen LogP contribution >= 0.6 is 11.8 Å². The average Bonchev–Trinajstić information content (AvgIpc) is 3.06. The molecule has 1 aliphatic carbocycles. The third kappa shape index (κ3) is 2.08.